The molecular weight excluding hydrogens is 1210 g/mol. The summed E-state index contributed by atoms with van der Waals surface area (Å²) >= 11 is 0. The van der Waals surface area contributed by atoms with E-state index in [4.69, 9.17) is 37.0 Å². The molecule has 0 aliphatic carbocycles. The number of carbonyl (C=O) groups excluding carboxylic acids is 4. The van der Waals surface area contributed by atoms with Crippen molar-refractivity contribution in [3.63, 3.8) is 0 Å². The standard InChI is InChI=1S/C73H142O17P2/c1-9-66(8)52-44-36-31-32-38-46-54-71(76)84-60-69(89-72(77)55-47-39-29-23-19-15-14-17-21-26-34-42-50-64(4)5)62-88-92(81,82)86-58-67(74)57-85-91(79,80)87-61-68(90-73(78)56-48-40-30-24-27-35-43-51-65(6)7)59-83-70(75)53-45-37-28-22-18-13-11-10-12-16-20-25-33-41-49-63(2)3/h63-69,74H,9-62H2,1-8H3,(H,79,80)(H,81,82)/t66?,67-,68-,69-/m1/s1. The number of phosphoric acid groups is 2. The Morgan fingerprint density at radius 3 is 0.772 bits per heavy atom. The van der Waals surface area contributed by atoms with E-state index in [0.29, 0.717) is 31.6 Å². The molecule has 0 aromatic carbocycles. The lowest BCUT2D eigenvalue weighted by Gasteiger charge is -2.21. The molecule has 0 rings (SSSR count). The Balaban J connectivity index is 5.21. The molecule has 0 spiro atoms. The van der Waals surface area contributed by atoms with Gasteiger partial charge in [-0.15, -0.1) is 0 Å². The van der Waals surface area contributed by atoms with Gasteiger partial charge in [0.25, 0.3) is 0 Å². The van der Waals surface area contributed by atoms with Crippen LogP contribution in [-0.4, -0.2) is 96.7 Å². The minimum atomic E-state index is -4.95. The minimum absolute atomic E-state index is 0.103. The molecule has 0 aromatic rings. The van der Waals surface area contributed by atoms with Crippen molar-refractivity contribution in [2.45, 2.75) is 382 Å². The SMILES string of the molecule is CCC(C)CCCCCCCCC(=O)OC[C@H](COP(=O)(O)OC[C@H](O)COP(=O)(O)OC[C@@H](COC(=O)CCCCCCCCCCCCCCCCC(C)C)OC(=O)CCCCCCCCCC(C)C)OC(=O)CCCCCCCCCCCCCCC(C)C. The summed E-state index contributed by atoms with van der Waals surface area (Å²) in [6.07, 6.45) is 45.9. The highest BCUT2D eigenvalue weighted by atomic mass is 31.2. The van der Waals surface area contributed by atoms with E-state index < -0.39 is 97.5 Å². The molecule has 6 atom stereocenters. The summed E-state index contributed by atoms with van der Waals surface area (Å²) in [7, 11) is -9.91. The molecule has 0 aliphatic rings. The number of esters is 4. The third-order valence-corrected chi connectivity index (χ3v) is 19.1. The molecule has 0 heterocycles. The lowest BCUT2D eigenvalue weighted by molar-refractivity contribution is -0.161. The Hall–Kier alpha value is -1.94. The van der Waals surface area contributed by atoms with Gasteiger partial charge < -0.3 is 33.8 Å². The monoisotopic (exact) mass is 1350 g/mol. The third-order valence-electron chi connectivity index (χ3n) is 17.2. The molecule has 3 N–H and O–H groups in total. The molecule has 0 fully saturated rings. The summed E-state index contributed by atoms with van der Waals surface area (Å²) in [5.74, 6) is 0.875. The van der Waals surface area contributed by atoms with Crippen LogP contribution in [0.2, 0.25) is 0 Å². The van der Waals surface area contributed by atoms with E-state index >= 15 is 0 Å². The average molecular weight is 1350 g/mol. The van der Waals surface area contributed by atoms with Gasteiger partial charge in [0, 0.05) is 25.7 Å². The maximum atomic E-state index is 13.0. The van der Waals surface area contributed by atoms with Gasteiger partial charge in [0.15, 0.2) is 12.2 Å². The number of ether oxygens (including phenoxy) is 4. The summed E-state index contributed by atoms with van der Waals surface area (Å²) < 4.78 is 68.4. The zero-order valence-corrected chi connectivity index (χ0v) is 62.0. The van der Waals surface area contributed by atoms with Gasteiger partial charge >= 0.3 is 39.5 Å². The maximum absolute atomic E-state index is 13.0. The van der Waals surface area contributed by atoms with E-state index in [1.54, 1.807) is 0 Å². The zero-order valence-electron chi connectivity index (χ0n) is 60.2. The number of aliphatic hydroxyl groups excluding tert-OH is 1. The van der Waals surface area contributed by atoms with Crippen LogP contribution in [0.3, 0.4) is 0 Å². The summed E-state index contributed by atoms with van der Waals surface area (Å²) in [6.45, 7) is 14.1. The van der Waals surface area contributed by atoms with Crippen molar-refractivity contribution in [3.05, 3.63) is 0 Å². The molecule has 0 saturated heterocycles. The Morgan fingerprint density at radius 2 is 0.522 bits per heavy atom. The molecule has 0 bridgehead atoms. The highest BCUT2D eigenvalue weighted by molar-refractivity contribution is 7.47. The Bertz CT molecular complexity index is 1820. The van der Waals surface area contributed by atoms with Gasteiger partial charge in [0.1, 0.15) is 19.3 Å². The van der Waals surface area contributed by atoms with E-state index in [1.807, 2.05) is 0 Å². The van der Waals surface area contributed by atoms with E-state index in [2.05, 4.69) is 55.4 Å². The van der Waals surface area contributed by atoms with Crippen LogP contribution in [0, 0.1) is 23.7 Å². The van der Waals surface area contributed by atoms with Crippen LogP contribution in [-0.2, 0) is 65.4 Å². The summed E-state index contributed by atoms with van der Waals surface area (Å²) in [4.78, 5) is 72.6. The highest BCUT2D eigenvalue weighted by Crippen LogP contribution is 2.45. The first-order valence-electron chi connectivity index (χ1n) is 37.7. The van der Waals surface area contributed by atoms with Crippen molar-refractivity contribution in [2.24, 2.45) is 23.7 Å². The quantitative estimate of drug-likeness (QED) is 0.0222. The largest absolute Gasteiger partial charge is 0.472 e. The number of phosphoric ester groups is 2. The Labute approximate surface area is 562 Å². The van der Waals surface area contributed by atoms with Crippen LogP contribution in [0.25, 0.3) is 0 Å². The molecule has 0 amide bonds. The molecule has 17 nitrogen and oxygen atoms in total. The second-order valence-corrected chi connectivity index (χ2v) is 30.9. The normalized spacial score (nSPS) is 14.5. The molecular formula is C73H142O17P2. The van der Waals surface area contributed by atoms with Crippen molar-refractivity contribution < 1.29 is 80.2 Å². The van der Waals surface area contributed by atoms with E-state index in [0.717, 1.165) is 114 Å². The zero-order chi connectivity index (χ0) is 68.2. The van der Waals surface area contributed by atoms with Crippen molar-refractivity contribution in [1.29, 1.82) is 0 Å². The fraction of sp³-hybridized carbons (Fsp3) is 0.945. The Kier molecular flexibility index (Phi) is 61.3. The first-order chi connectivity index (χ1) is 44.1. The number of hydrogen-bond donors (Lipinski definition) is 3. The molecule has 0 aromatic heterocycles. The lowest BCUT2D eigenvalue weighted by Crippen LogP contribution is -2.30. The lowest BCUT2D eigenvalue weighted by atomic mass is 10.00. The van der Waals surface area contributed by atoms with Crippen molar-refractivity contribution in [2.75, 3.05) is 39.6 Å². The molecule has 92 heavy (non-hydrogen) atoms. The van der Waals surface area contributed by atoms with E-state index in [-0.39, 0.29) is 25.7 Å². The number of unbranched alkanes of at least 4 members (excludes halogenated alkanes) is 35. The van der Waals surface area contributed by atoms with Gasteiger partial charge in [0.05, 0.1) is 26.4 Å². The fourth-order valence-electron chi connectivity index (χ4n) is 11.0. The summed E-state index contributed by atoms with van der Waals surface area (Å²) in [5.41, 5.74) is 0. The van der Waals surface area contributed by atoms with Gasteiger partial charge in [-0.05, 0) is 49.4 Å². The van der Waals surface area contributed by atoms with Crippen LogP contribution in [0.15, 0.2) is 0 Å². The van der Waals surface area contributed by atoms with Crippen molar-refractivity contribution in [1.82, 2.24) is 0 Å². The van der Waals surface area contributed by atoms with E-state index in [9.17, 15) is 43.2 Å². The predicted octanol–water partition coefficient (Wildman–Crippen LogP) is 20.9. The van der Waals surface area contributed by atoms with Gasteiger partial charge in [-0.2, -0.15) is 0 Å². The first-order valence-corrected chi connectivity index (χ1v) is 40.7. The van der Waals surface area contributed by atoms with Gasteiger partial charge in [-0.3, -0.25) is 37.3 Å². The minimum Gasteiger partial charge on any atom is -0.462 e. The summed E-state index contributed by atoms with van der Waals surface area (Å²) in [6, 6.07) is 0. The van der Waals surface area contributed by atoms with Crippen LogP contribution < -0.4 is 0 Å². The van der Waals surface area contributed by atoms with Gasteiger partial charge in [-0.25, -0.2) is 9.13 Å². The molecule has 0 saturated carbocycles. The topological polar surface area (TPSA) is 237 Å². The highest BCUT2D eigenvalue weighted by Gasteiger charge is 2.30. The van der Waals surface area contributed by atoms with Crippen LogP contribution in [0.4, 0.5) is 0 Å². The summed E-state index contributed by atoms with van der Waals surface area (Å²) in [5, 5.41) is 10.6. The van der Waals surface area contributed by atoms with Crippen LogP contribution in [0.1, 0.15) is 364 Å². The predicted molar refractivity (Wildman–Crippen MR) is 372 cm³/mol. The molecule has 3 unspecified atom stereocenters. The van der Waals surface area contributed by atoms with Gasteiger partial charge in [0.2, 0.25) is 0 Å². The molecule has 19 heteroatoms. The molecule has 0 aliphatic heterocycles. The smallest absolute Gasteiger partial charge is 0.462 e. The second-order valence-electron chi connectivity index (χ2n) is 28.0. The van der Waals surface area contributed by atoms with Crippen molar-refractivity contribution in [3.8, 4) is 0 Å². The average Bonchev–Trinajstić information content (AvgIpc) is 2.42. The number of aliphatic hydroxyl groups is 1. The molecule has 0 radical (unpaired) electrons. The number of carbonyl (C=O) groups is 4. The van der Waals surface area contributed by atoms with Gasteiger partial charge in [-0.1, -0.05) is 312 Å². The number of hydrogen-bond acceptors (Lipinski definition) is 15. The van der Waals surface area contributed by atoms with Crippen LogP contribution in [0.5, 0.6) is 0 Å². The fourth-order valence-corrected chi connectivity index (χ4v) is 12.6. The first kappa shape index (κ1) is 90.1. The van der Waals surface area contributed by atoms with E-state index in [1.165, 1.54) is 161 Å². The number of rotatable bonds is 70. The third kappa shape index (κ3) is 65.4. The second kappa shape index (κ2) is 62.6. The molecule has 546 valence electrons. The Morgan fingerprint density at radius 1 is 0.304 bits per heavy atom. The van der Waals surface area contributed by atoms with Crippen LogP contribution >= 0.6 is 15.6 Å². The van der Waals surface area contributed by atoms with Crippen molar-refractivity contribution >= 4 is 39.5 Å². The maximum Gasteiger partial charge on any atom is 0.472 e.